The maximum Gasteiger partial charge on any atom is 0.146 e. The number of morpholine rings is 1. The lowest BCUT2D eigenvalue weighted by Crippen LogP contribution is -2.36. The van der Waals surface area contributed by atoms with Crippen LogP contribution < -0.4 is 4.90 Å². The average molecular weight is 441 g/mol. The van der Waals surface area contributed by atoms with Crippen molar-refractivity contribution in [2.75, 3.05) is 49.8 Å². The molecule has 2 aliphatic heterocycles. The Labute approximate surface area is 186 Å². The lowest BCUT2D eigenvalue weighted by molar-refractivity contribution is 0.0331. The molecular weight excluding hydrogens is 412 g/mol. The summed E-state index contributed by atoms with van der Waals surface area (Å²) in [7, 11) is 0. The van der Waals surface area contributed by atoms with Crippen molar-refractivity contribution in [3.05, 3.63) is 41.5 Å². The molecule has 5 nitrogen and oxygen atoms in total. The molecule has 2 aliphatic rings. The molecule has 1 unspecified atom stereocenters. The van der Waals surface area contributed by atoms with Gasteiger partial charge in [-0.15, -0.1) is 11.3 Å². The highest BCUT2D eigenvalue weighted by Crippen LogP contribution is 2.40. The zero-order chi connectivity index (χ0) is 20.3. The van der Waals surface area contributed by atoms with E-state index >= 15 is 0 Å². The first-order chi connectivity index (χ1) is 14.8. The number of thiophene rings is 1. The van der Waals surface area contributed by atoms with Gasteiger partial charge in [-0.2, -0.15) is 11.8 Å². The molecule has 2 fully saturated rings. The Morgan fingerprint density at radius 1 is 1.13 bits per heavy atom. The third-order valence-corrected chi connectivity index (χ3v) is 7.61. The van der Waals surface area contributed by atoms with E-state index in [0.29, 0.717) is 6.04 Å². The van der Waals surface area contributed by atoms with Crippen LogP contribution >= 0.6 is 23.1 Å². The fourth-order valence-corrected chi connectivity index (χ4v) is 6.21. The van der Waals surface area contributed by atoms with E-state index < -0.39 is 0 Å². The van der Waals surface area contributed by atoms with E-state index in [2.05, 4.69) is 51.8 Å². The number of ether oxygens (including phenoxy) is 1. The topological polar surface area (TPSA) is 41.5 Å². The van der Waals surface area contributed by atoms with E-state index in [1.54, 1.807) is 11.3 Å². The van der Waals surface area contributed by atoms with Crippen molar-refractivity contribution in [3.63, 3.8) is 0 Å². The van der Waals surface area contributed by atoms with Gasteiger partial charge in [0.05, 0.1) is 25.1 Å². The van der Waals surface area contributed by atoms with Crippen molar-refractivity contribution in [1.29, 1.82) is 0 Å². The van der Waals surface area contributed by atoms with E-state index in [1.807, 2.05) is 11.8 Å². The second-order valence-electron chi connectivity index (χ2n) is 7.99. The van der Waals surface area contributed by atoms with Crippen LogP contribution in [0.25, 0.3) is 21.3 Å². The Kier molecular flexibility index (Phi) is 6.22. The minimum atomic E-state index is 0.554. The zero-order valence-electron chi connectivity index (χ0n) is 17.4. The third-order valence-electron chi connectivity index (χ3n) is 6.02. The first-order valence-corrected chi connectivity index (χ1v) is 13.0. The molecule has 0 spiro atoms. The number of fused-ring (bicyclic) bond motifs is 1. The lowest BCUT2D eigenvalue weighted by atomic mass is 10.1. The molecule has 0 aliphatic carbocycles. The molecule has 0 amide bonds. The van der Waals surface area contributed by atoms with Crippen molar-refractivity contribution < 1.29 is 4.74 Å². The highest BCUT2D eigenvalue weighted by atomic mass is 32.2. The number of thioether (sulfide) groups is 1. The van der Waals surface area contributed by atoms with Gasteiger partial charge in [-0.3, -0.25) is 4.90 Å². The summed E-state index contributed by atoms with van der Waals surface area (Å²) in [4.78, 5) is 16.3. The summed E-state index contributed by atoms with van der Waals surface area (Å²) in [6.07, 6.45) is 4.69. The summed E-state index contributed by atoms with van der Waals surface area (Å²) < 4.78 is 5.51. The van der Waals surface area contributed by atoms with Gasteiger partial charge in [-0.05, 0) is 24.7 Å². The maximum atomic E-state index is 5.51. The molecule has 2 aromatic heterocycles. The van der Waals surface area contributed by atoms with Gasteiger partial charge in [-0.25, -0.2) is 9.97 Å². The molecule has 1 aromatic carbocycles. The standard InChI is InChI=1S/C23H28N4OS2/c1-29-15-18-8-5-9-27(18)22-21-19(17-6-3-2-4-7-17)16-30-23(21)25-20(24-22)14-26-10-12-28-13-11-26/h2-4,6-7,16,18H,5,8-15H2,1H3. The SMILES string of the molecule is CSCC1CCCN1c1nc(CN2CCOCC2)nc2scc(-c3ccccc3)c12. The summed E-state index contributed by atoms with van der Waals surface area (Å²) >= 11 is 3.68. The van der Waals surface area contributed by atoms with Crippen molar-refractivity contribution in [3.8, 4) is 11.1 Å². The Hall–Kier alpha value is -1.67. The quantitative estimate of drug-likeness (QED) is 0.561. The lowest BCUT2D eigenvalue weighted by Gasteiger charge is -2.28. The van der Waals surface area contributed by atoms with Crippen LogP contribution in [0.2, 0.25) is 0 Å². The molecule has 7 heteroatoms. The molecule has 4 heterocycles. The molecule has 0 saturated carbocycles. The fourth-order valence-electron chi connectivity index (χ4n) is 4.51. The van der Waals surface area contributed by atoms with E-state index in [0.717, 1.165) is 61.6 Å². The largest absolute Gasteiger partial charge is 0.379 e. The van der Waals surface area contributed by atoms with E-state index in [-0.39, 0.29) is 0 Å². The van der Waals surface area contributed by atoms with Gasteiger partial charge in [0.1, 0.15) is 16.5 Å². The second-order valence-corrected chi connectivity index (χ2v) is 9.76. The highest BCUT2D eigenvalue weighted by molar-refractivity contribution is 7.98. The molecule has 0 N–H and O–H groups in total. The maximum absolute atomic E-state index is 5.51. The van der Waals surface area contributed by atoms with Gasteiger partial charge in [0, 0.05) is 42.4 Å². The van der Waals surface area contributed by atoms with Gasteiger partial charge in [0.2, 0.25) is 0 Å². The monoisotopic (exact) mass is 440 g/mol. The van der Waals surface area contributed by atoms with E-state index in [4.69, 9.17) is 14.7 Å². The predicted octanol–water partition coefficient (Wildman–Crippen LogP) is 4.52. The zero-order valence-corrected chi connectivity index (χ0v) is 19.1. The summed E-state index contributed by atoms with van der Waals surface area (Å²) in [5, 5.41) is 3.49. The number of nitrogens with zero attached hydrogens (tertiary/aromatic N) is 4. The third kappa shape index (κ3) is 4.08. The van der Waals surface area contributed by atoms with Crippen molar-refractivity contribution in [2.45, 2.75) is 25.4 Å². The van der Waals surface area contributed by atoms with E-state index in [1.165, 1.54) is 29.4 Å². The minimum Gasteiger partial charge on any atom is -0.379 e. The van der Waals surface area contributed by atoms with Crippen LogP contribution in [0.15, 0.2) is 35.7 Å². The summed E-state index contributed by atoms with van der Waals surface area (Å²) in [5.41, 5.74) is 2.51. The predicted molar refractivity (Wildman–Crippen MR) is 128 cm³/mol. The van der Waals surface area contributed by atoms with Gasteiger partial charge in [0.15, 0.2) is 0 Å². The smallest absolute Gasteiger partial charge is 0.146 e. The number of aromatic nitrogens is 2. The van der Waals surface area contributed by atoms with Crippen LogP contribution in [0, 0.1) is 0 Å². The Balaban J connectivity index is 1.59. The number of hydrogen-bond acceptors (Lipinski definition) is 7. The molecule has 3 aromatic rings. The average Bonchev–Trinajstić information content (AvgIpc) is 3.42. The Morgan fingerprint density at radius 2 is 1.97 bits per heavy atom. The summed E-state index contributed by atoms with van der Waals surface area (Å²) in [5.74, 6) is 3.23. The van der Waals surface area contributed by atoms with Gasteiger partial charge < -0.3 is 9.64 Å². The molecule has 1 atom stereocenters. The van der Waals surface area contributed by atoms with Crippen molar-refractivity contribution in [2.24, 2.45) is 0 Å². The molecular formula is C23H28N4OS2. The van der Waals surface area contributed by atoms with Crippen LogP contribution in [0.4, 0.5) is 5.82 Å². The number of hydrogen-bond donors (Lipinski definition) is 0. The molecule has 30 heavy (non-hydrogen) atoms. The number of anilines is 1. The molecule has 0 bridgehead atoms. The fraction of sp³-hybridized carbons (Fsp3) is 0.478. The van der Waals surface area contributed by atoms with Crippen LogP contribution in [0.1, 0.15) is 18.7 Å². The number of rotatable bonds is 6. The normalized spacial score (nSPS) is 20.3. The van der Waals surface area contributed by atoms with Crippen molar-refractivity contribution >= 4 is 39.1 Å². The Bertz CT molecular complexity index is 988. The van der Waals surface area contributed by atoms with Gasteiger partial charge in [-0.1, -0.05) is 30.3 Å². The highest BCUT2D eigenvalue weighted by Gasteiger charge is 2.29. The first-order valence-electron chi connectivity index (χ1n) is 10.7. The summed E-state index contributed by atoms with van der Waals surface area (Å²) in [6, 6.07) is 11.2. The van der Waals surface area contributed by atoms with Crippen LogP contribution in [-0.4, -0.2) is 65.8 Å². The second kappa shape index (κ2) is 9.22. The molecule has 0 radical (unpaired) electrons. The van der Waals surface area contributed by atoms with E-state index in [9.17, 15) is 0 Å². The molecule has 2 saturated heterocycles. The van der Waals surface area contributed by atoms with Crippen LogP contribution in [-0.2, 0) is 11.3 Å². The molecule has 158 valence electrons. The van der Waals surface area contributed by atoms with Gasteiger partial charge >= 0.3 is 0 Å². The number of benzene rings is 1. The minimum absolute atomic E-state index is 0.554. The summed E-state index contributed by atoms with van der Waals surface area (Å²) in [6.45, 7) is 5.39. The van der Waals surface area contributed by atoms with Gasteiger partial charge in [0.25, 0.3) is 0 Å². The Morgan fingerprint density at radius 3 is 2.77 bits per heavy atom. The van der Waals surface area contributed by atoms with Crippen LogP contribution in [0.3, 0.4) is 0 Å². The molecule has 5 rings (SSSR count). The van der Waals surface area contributed by atoms with Crippen LogP contribution in [0.5, 0.6) is 0 Å². The van der Waals surface area contributed by atoms with Crippen molar-refractivity contribution in [1.82, 2.24) is 14.9 Å². The first kappa shape index (κ1) is 20.2.